The zero-order valence-electron chi connectivity index (χ0n) is 10.8. The minimum Gasteiger partial charge on any atom is -0.396 e. The highest BCUT2D eigenvalue weighted by atomic mass is 35.5. The Morgan fingerprint density at radius 2 is 1.90 bits per heavy atom. The molecule has 1 heterocycles. The Hall–Kier alpha value is -1.42. The molecule has 102 valence electrons. The lowest BCUT2D eigenvalue weighted by Gasteiger charge is -2.01. The third-order valence-electron chi connectivity index (χ3n) is 3.28. The van der Waals surface area contributed by atoms with E-state index in [1.807, 2.05) is 24.3 Å². The van der Waals surface area contributed by atoms with E-state index in [1.54, 1.807) is 0 Å². The van der Waals surface area contributed by atoms with E-state index in [2.05, 4.69) is 22.6 Å². The molecule has 0 amide bonds. The van der Waals surface area contributed by atoms with E-state index in [0.29, 0.717) is 0 Å². The monoisotopic (exact) mass is 303 g/mol. The number of benzene rings is 2. The average Bonchev–Trinajstić information content (AvgIpc) is 2.89. The van der Waals surface area contributed by atoms with E-state index in [-0.39, 0.29) is 6.61 Å². The molecular formula is C16H14ClNOS. The predicted octanol–water partition coefficient (Wildman–Crippen LogP) is 4.54. The summed E-state index contributed by atoms with van der Waals surface area (Å²) in [6.45, 7) is 0.233. The fourth-order valence-electron chi connectivity index (χ4n) is 2.24. The molecule has 0 saturated heterocycles. The van der Waals surface area contributed by atoms with Crippen molar-refractivity contribution >= 4 is 33.2 Å². The van der Waals surface area contributed by atoms with E-state index in [9.17, 15) is 0 Å². The van der Waals surface area contributed by atoms with Crippen molar-refractivity contribution in [2.75, 3.05) is 6.61 Å². The van der Waals surface area contributed by atoms with Gasteiger partial charge < -0.3 is 5.11 Å². The highest BCUT2D eigenvalue weighted by Crippen LogP contribution is 2.32. The van der Waals surface area contributed by atoms with Crippen LogP contribution in [0.3, 0.4) is 0 Å². The third kappa shape index (κ3) is 2.70. The Morgan fingerprint density at radius 1 is 1.10 bits per heavy atom. The largest absolute Gasteiger partial charge is 0.396 e. The molecule has 0 atom stereocenters. The van der Waals surface area contributed by atoms with Gasteiger partial charge in [0, 0.05) is 22.6 Å². The summed E-state index contributed by atoms with van der Waals surface area (Å²) in [7, 11) is 0. The summed E-state index contributed by atoms with van der Waals surface area (Å²) in [5.41, 5.74) is 3.34. The minimum absolute atomic E-state index is 0.233. The molecule has 3 rings (SSSR count). The van der Waals surface area contributed by atoms with Gasteiger partial charge in [0.05, 0.1) is 10.4 Å². The summed E-state index contributed by atoms with van der Waals surface area (Å²) in [4.78, 5) is 0. The molecule has 0 bridgehead atoms. The molecule has 0 fully saturated rings. The minimum atomic E-state index is 0.233. The van der Waals surface area contributed by atoms with Crippen LogP contribution in [0.1, 0.15) is 12.0 Å². The molecule has 1 N–H and O–H groups in total. The Morgan fingerprint density at radius 3 is 2.65 bits per heavy atom. The molecule has 0 aliphatic heterocycles. The summed E-state index contributed by atoms with van der Waals surface area (Å²) < 4.78 is 5.75. The zero-order valence-corrected chi connectivity index (χ0v) is 12.4. The lowest BCUT2D eigenvalue weighted by atomic mass is 10.0. The number of aliphatic hydroxyl groups is 1. The Labute approximate surface area is 126 Å². The van der Waals surface area contributed by atoms with Crippen LogP contribution in [0.2, 0.25) is 5.02 Å². The number of hydrogen-bond donors (Lipinski definition) is 1. The molecule has 0 aliphatic rings. The van der Waals surface area contributed by atoms with E-state index >= 15 is 0 Å². The highest BCUT2D eigenvalue weighted by Gasteiger charge is 2.09. The van der Waals surface area contributed by atoms with Crippen LogP contribution in [0.25, 0.3) is 21.3 Å². The number of halogens is 1. The Bertz CT molecular complexity index is 721. The molecule has 0 aliphatic carbocycles. The van der Waals surface area contributed by atoms with E-state index in [4.69, 9.17) is 16.7 Å². The van der Waals surface area contributed by atoms with Crippen molar-refractivity contribution in [2.45, 2.75) is 12.8 Å². The molecule has 3 aromatic rings. The van der Waals surface area contributed by atoms with Gasteiger partial charge in [0.25, 0.3) is 0 Å². The lowest BCUT2D eigenvalue weighted by molar-refractivity contribution is 0.288. The second-order valence-corrected chi connectivity index (χ2v) is 5.94. The van der Waals surface area contributed by atoms with Gasteiger partial charge in [0.1, 0.15) is 0 Å². The first kappa shape index (κ1) is 13.6. The van der Waals surface area contributed by atoms with Gasteiger partial charge in [-0.15, -0.1) is 0 Å². The van der Waals surface area contributed by atoms with Crippen LogP contribution in [0.4, 0.5) is 0 Å². The Kier molecular flexibility index (Phi) is 4.01. The van der Waals surface area contributed by atoms with E-state index < -0.39 is 0 Å². The first-order valence-corrected chi connectivity index (χ1v) is 7.68. The second kappa shape index (κ2) is 5.92. The Balaban J connectivity index is 1.99. The highest BCUT2D eigenvalue weighted by molar-refractivity contribution is 7.13. The van der Waals surface area contributed by atoms with Crippen molar-refractivity contribution in [3.05, 3.63) is 53.1 Å². The van der Waals surface area contributed by atoms with Crippen LogP contribution in [-0.4, -0.2) is 16.1 Å². The van der Waals surface area contributed by atoms with Crippen molar-refractivity contribution in [3.8, 4) is 11.3 Å². The second-order valence-electron chi connectivity index (χ2n) is 4.70. The maximum atomic E-state index is 8.90. The van der Waals surface area contributed by atoms with Gasteiger partial charge in [0.15, 0.2) is 0 Å². The molecule has 2 nitrogen and oxygen atoms in total. The molecule has 1 aromatic heterocycles. The topological polar surface area (TPSA) is 33.1 Å². The van der Waals surface area contributed by atoms with Crippen LogP contribution in [0, 0.1) is 0 Å². The van der Waals surface area contributed by atoms with E-state index in [0.717, 1.165) is 29.1 Å². The van der Waals surface area contributed by atoms with Gasteiger partial charge >= 0.3 is 0 Å². The molecule has 2 aromatic carbocycles. The molecular weight excluding hydrogens is 290 g/mol. The maximum absolute atomic E-state index is 8.90. The van der Waals surface area contributed by atoms with Gasteiger partial charge in [-0.25, -0.2) is 0 Å². The van der Waals surface area contributed by atoms with Crippen molar-refractivity contribution in [1.29, 1.82) is 0 Å². The van der Waals surface area contributed by atoms with Gasteiger partial charge in [-0.3, -0.25) is 0 Å². The van der Waals surface area contributed by atoms with Gasteiger partial charge in [0.2, 0.25) is 0 Å². The molecule has 0 unspecified atom stereocenters. The lowest BCUT2D eigenvalue weighted by Crippen LogP contribution is -1.88. The van der Waals surface area contributed by atoms with Crippen LogP contribution >= 0.6 is 23.1 Å². The van der Waals surface area contributed by atoms with Crippen molar-refractivity contribution < 1.29 is 5.11 Å². The quantitative estimate of drug-likeness (QED) is 0.767. The fourth-order valence-corrected chi connectivity index (χ4v) is 3.22. The zero-order chi connectivity index (χ0) is 13.9. The predicted molar refractivity (Wildman–Crippen MR) is 85.5 cm³/mol. The van der Waals surface area contributed by atoms with Crippen LogP contribution in [-0.2, 0) is 6.42 Å². The third-order valence-corrected chi connectivity index (χ3v) is 4.34. The first-order valence-electron chi connectivity index (χ1n) is 6.53. The molecule has 0 spiro atoms. The van der Waals surface area contributed by atoms with Crippen LogP contribution < -0.4 is 0 Å². The maximum Gasteiger partial charge on any atom is 0.0919 e. The van der Waals surface area contributed by atoms with Gasteiger partial charge in [-0.2, -0.15) is 4.37 Å². The van der Waals surface area contributed by atoms with E-state index in [1.165, 1.54) is 27.2 Å². The smallest absolute Gasteiger partial charge is 0.0919 e. The van der Waals surface area contributed by atoms with Crippen molar-refractivity contribution in [3.63, 3.8) is 0 Å². The number of nitrogens with zero attached hydrogens (tertiary/aromatic N) is 1. The molecule has 0 radical (unpaired) electrons. The normalized spacial score (nSPS) is 11.1. The summed E-state index contributed by atoms with van der Waals surface area (Å²) >= 11 is 7.44. The standard InChI is InChI=1S/C16H14ClNOS/c17-13-6-4-12(5-7-13)16-14-8-3-11(2-1-9-19)10-15(14)20-18-16/h3-8,10,19H,1-2,9H2. The summed E-state index contributed by atoms with van der Waals surface area (Å²) in [6, 6.07) is 14.2. The number of aryl methyl sites for hydroxylation is 1. The molecule has 20 heavy (non-hydrogen) atoms. The average molecular weight is 304 g/mol. The number of aliphatic hydroxyl groups excluding tert-OH is 1. The number of hydrogen-bond acceptors (Lipinski definition) is 3. The van der Waals surface area contributed by atoms with Crippen LogP contribution in [0.15, 0.2) is 42.5 Å². The first-order chi connectivity index (χ1) is 9.78. The SMILES string of the molecule is OCCCc1ccc2c(-c3ccc(Cl)cc3)nsc2c1. The number of aromatic nitrogens is 1. The summed E-state index contributed by atoms with van der Waals surface area (Å²) in [5.74, 6) is 0. The van der Waals surface area contributed by atoms with Gasteiger partial charge in [-0.05, 0) is 48.1 Å². The van der Waals surface area contributed by atoms with Crippen molar-refractivity contribution in [1.82, 2.24) is 4.37 Å². The molecule has 0 saturated carbocycles. The van der Waals surface area contributed by atoms with Gasteiger partial charge in [-0.1, -0.05) is 35.9 Å². The van der Waals surface area contributed by atoms with Crippen LogP contribution in [0.5, 0.6) is 0 Å². The fraction of sp³-hybridized carbons (Fsp3) is 0.188. The number of rotatable bonds is 4. The number of fused-ring (bicyclic) bond motifs is 1. The van der Waals surface area contributed by atoms with Crippen molar-refractivity contribution in [2.24, 2.45) is 0 Å². The summed E-state index contributed by atoms with van der Waals surface area (Å²) in [5, 5.41) is 10.8. The summed E-state index contributed by atoms with van der Waals surface area (Å²) in [6.07, 6.45) is 1.70. The molecule has 4 heteroatoms.